The van der Waals surface area contributed by atoms with Crippen molar-refractivity contribution in [2.45, 2.75) is 32.3 Å². The van der Waals surface area contributed by atoms with Crippen LogP contribution in [0.3, 0.4) is 0 Å². The highest BCUT2D eigenvalue weighted by Crippen LogP contribution is 2.38. The summed E-state index contributed by atoms with van der Waals surface area (Å²) in [5.41, 5.74) is 1.70. The number of fused-ring (bicyclic) bond motifs is 1. The minimum atomic E-state index is -4.79. The number of anilines is 1. The quantitative estimate of drug-likeness (QED) is 0.706. The van der Waals surface area contributed by atoms with Gasteiger partial charge in [0.2, 0.25) is 5.91 Å². The molecule has 1 N–H and O–H groups in total. The molecule has 1 saturated carbocycles. The molecule has 1 heterocycles. The second kappa shape index (κ2) is 8.00. The highest BCUT2D eigenvalue weighted by Gasteiger charge is 2.38. The van der Waals surface area contributed by atoms with Gasteiger partial charge < -0.3 is 15.0 Å². The van der Waals surface area contributed by atoms with Crippen molar-refractivity contribution in [3.05, 3.63) is 58.7 Å². The molecule has 2 amide bonds. The van der Waals surface area contributed by atoms with Crippen molar-refractivity contribution in [2.24, 2.45) is 5.92 Å². The minimum Gasteiger partial charge on any atom is -0.496 e. The zero-order valence-corrected chi connectivity index (χ0v) is 18.1. The van der Waals surface area contributed by atoms with Crippen LogP contribution in [0.25, 0.3) is 0 Å². The summed E-state index contributed by atoms with van der Waals surface area (Å²) in [6.07, 6.45) is -1.80. The van der Waals surface area contributed by atoms with E-state index in [1.807, 2.05) is 0 Å². The maximum absolute atomic E-state index is 13.6. The summed E-state index contributed by atoms with van der Waals surface area (Å²) in [4.78, 5) is 27.0. The maximum Gasteiger partial charge on any atom is 0.257 e. The van der Waals surface area contributed by atoms with Crippen LogP contribution in [0.4, 0.5) is 5.69 Å². The Labute approximate surface area is 187 Å². The van der Waals surface area contributed by atoms with E-state index in [4.69, 9.17) is 8.85 Å². The van der Waals surface area contributed by atoms with Gasteiger partial charge in [0.25, 0.3) is 5.91 Å². The predicted octanol–water partition coefficient (Wildman–Crippen LogP) is 3.09. The summed E-state index contributed by atoms with van der Waals surface area (Å²) < 4.78 is 62.5. The largest absolute Gasteiger partial charge is 0.496 e. The molecule has 1 aliphatic heterocycles. The number of nitrogens with one attached hydrogen (secondary N) is 1. The lowest BCUT2D eigenvalue weighted by atomic mass is 10.0. The van der Waals surface area contributed by atoms with E-state index in [0.29, 0.717) is 22.6 Å². The molecule has 0 bridgehead atoms. The number of carbonyl (C=O) groups is 2. The van der Waals surface area contributed by atoms with Crippen molar-refractivity contribution < 1.29 is 28.2 Å². The van der Waals surface area contributed by atoms with Crippen LogP contribution in [0.5, 0.6) is 5.75 Å². The average molecular weight is 447 g/mol. The molecule has 2 aliphatic rings. The molecular formula is C23H26N2O5S. The first kappa shape index (κ1) is 16.8. The summed E-state index contributed by atoms with van der Waals surface area (Å²) >= 11 is 0. The molecule has 0 radical (unpaired) electrons. The van der Waals surface area contributed by atoms with Crippen LogP contribution in [0.2, 0.25) is 0 Å². The van der Waals surface area contributed by atoms with E-state index < -0.39 is 33.7 Å². The Morgan fingerprint density at radius 1 is 1.35 bits per heavy atom. The molecule has 2 aromatic carbocycles. The number of hydrogen-bond acceptors (Lipinski definition) is 5. The van der Waals surface area contributed by atoms with E-state index in [2.05, 4.69) is 5.32 Å². The molecule has 0 unspecified atom stereocenters. The van der Waals surface area contributed by atoms with Gasteiger partial charge in [0, 0.05) is 22.8 Å². The number of benzene rings is 2. The fourth-order valence-electron chi connectivity index (χ4n) is 3.82. The van der Waals surface area contributed by atoms with Crippen LogP contribution in [0, 0.1) is 12.8 Å². The third kappa shape index (κ3) is 4.44. The zero-order valence-electron chi connectivity index (χ0n) is 21.3. The Hall–Kier alpha value is -2.87. The van der Waals surface area contributed by atoms with Crippen molar-refractivity contribution in [1.29, 1.82) is 0 Å². The van der Waals surface area contributed by atoms with E-state index in [1.165, 1.54) is 19.2 Å². The highest BCUT2D eigenvalue weighted by atomic mass is 32.2. The summed E-state index contributed by atoms with van der Waals surface area (Å²) in [5.74, 6) is -1.59. The Bertz CT molecular complexity index is 1310. The molecule has 2 aromatic rings. The van der Waals surface area contributed by atoms with Gasteiger partial charge in [0.05, 0.1) is 31.5 Å². The van der Waals surface area contributed by atoms with Crippen LogP contribution >= 0.6 is 0 Å². The van der Waals surface area contributed by atoms with Gasteiger partial charge in [0.1, 0.15) is 15.6 Å². The molecule has 0 aromatic heterocycles. The fourth-order valence-corrected chi connectivity index (χ4v) is 4.50. The van der Waals surface area contributed by atoms with E-state index >= 15 is 0 Å². The van der Waals surface area contributed by atoms with Crippen molar-refractivity contribution in [2.75, 3.05) is 24.4 Å². The topological polar surface area (TPSA) is 92.8 Å². The number of aryl methyl sites for hydroxylation is 1. The summed E-state index contributed by atoms with van der Waals surface area (Å²) in [6.45, 7) is 1.58. The van der Waals surface area contributed by atoms with Gasteiger partial charge in [-0.15, -0.1) is 0 Å². The lowest BCUT2D eigenvalue weighted by Crippen LogP contribution is -2.34. The molecule has 1 aliphatic carbocycles. The van der Waals surface area contributed by atoms with Gasteiger partial charge in [0.15, 0.2) is 0 Å². The van der Waals surface area contributed by atoms with Crippen molar-refractivity contribution in [3.8, 4) is 5.75 Å². The Morgan fingerprint density at radius 2 is 2.13 bits per heavy atom. The highest BCUT2D eigenvalue weighted by molar-refractivity contribution is 7.90. The SMILES string of the molecule is [2H]C([2H])([2H])S(=O)(=O)C[C@]([2H])(c1ccc(OC)c(C)c1)N1Cc2cccc(NC(=O)C3CC3)c2C1=O. The van der Waals surface area contributed by atoms with Crippen LogP contribution in [0.1, 0.15) is 51.4 Å². The number of carbonyl (C=O) groups excluding carboxylic acids is 2. The summed E-state index contributed by atoms with van der Waals surface area (Å²) in [6, 6.07) is 7.19. The maximum atomic E-state index is 13.6. The number of methoxy groups -OCH3 is 1. The van der Waals surface area contributed by atoms with Crippen molar-refractivity contribution in [3.63, 3.8) is 0 Å². The lowest BCUT2D eigenvalue weighted by Gasteiger charge is -2.28. The third-order valence-electron chi connectivity index (χ3n) is 5.52. The first-order valence-corrected chi connectivity index (χ1v) is 11.6. The number of sulfone groups is 1. The van der Waals surface area contributed by atoms with Crippen LogP contribution in [-0.2, 0) is 21.2 Å². The van der Waals surface area contributed by atoms with Gasteiger partial charge >= 0.3 is 0 Å². The average Bonchev–Trinajstić information content (AvgIpc) is 3.56. The number of ether oxygens (including phenoxy) is 1. The summed E-state index contributed by atoms with van der Waals surface area (Å²) in [7, 11) is -3.33. The Kier molecular flexibility index (Phi) is 4.33. The first-order chi connectivity index (χ1) is 16.3. The molecule has 4 rings (SSSR count). The second-order valence-corrected chi connectivity index (χ2v) is 9.40. The lowest BCUT2D eigenvalue weighted by molar-refractivity contribution is -0.117. The van der Waals surface area contributed by atoms with Crippen molar-refractivity contribution in [1.82, 2.24) is 4.90 Å². The van der Waals surface area contributed by atoms with Gasteiger partial charge in [-0.2, -0.15) is 0 Å². The van der Waals surface area contributed by atoms with Crippen LogP contribution in [-0.4, -0.2) is 44.2 Å². The van der Waals surface area contributed by atoms with Crippen LogP contribution < -0.4 is 10.1 Å². The number of hydrogen-bond donors (Lipinski definition) is 1. The number of amides is 2. The number of rotatable bonds is 7. The summed E-state index contributed by atoms with van der Waals surface area (Å²) in [5, 5.41) is 2.77. The predicted molar refractivity (Wildman–Crippen MR) is 118 cm³/mol. The third-order valence-corrected chi connectivity index (χ3v) is 6.18. The fraction of sp³-hybridized carbons (Fsp3) is 0.391. The molecule has 1 fully saturated rings. The Morgan fingerprint density at radius 3 is 2.77 bits per heavy atom. The molecular weight excluding hydrogens is 416 g/mol. The van der Waals surface area contributed by atoms with E-state index in [9.17, 15) is 19.4 Å². The smallest absolute Gasteiger partial charge is 0.257 e. The monoisotopic (exact) mass is 446 g/mol. The van der Waals surface area contributed by atoms with Gasteiger partial charge in [-0.25, -0.2) is 8.42 Å². The van der Waals surface area contributed by atoms with Crippen molar-refractivity contribution >= 4 is 27.3 Å². The molecule has 1 atom stereocenters. The second-order valence-electron chi connectivity index (χ2n) is 7.88. The molecule has 31 heavy (non-hydrogen) atoms. The van der Waals surface area contributed by atoms with Crippen LogP contribution in [0.15, 0.2) is 36.4 Å². The Balaban J connectivity index is 1.79. The van der Waals surface area contributed by atoms with Gasteiger partial charge in [-0.3, -0.25) is 9.59 Å². The normalized spacial score (nSPS) is 20.1. The molecule has 0 spiro atoms. The molecule has 164 valence electrons. The van der Waals surface area contributed by atoms with Gasteiger partial charge in [-0.05, 0) is 48.6 Å². The number of nitrogens with zero attached hydrogens (tertiary/aromatic N) is 1. The zero-order chi connectivity index (χ0) is 25.8. The molecule has 0 saturated heterocycles. The molecule has 7 nitrogen and oxygen atoms in total. The first-order valence-electron chi connectivity index (χ1n) is 11.9. The minimum absolute atomic E-state index is 0.0968. The molecule has 8 heteroatoms. The standard InChI is InChI=1S/C23H26N2O5S/c1-14-11-16(9-10-20(14)30-2)19(13-31(3,28)29)25-12-17-5-4-6-18(21(17)23(25)27)24-22(26)15-7-8-15/h4-6,9-11,15,19H,7-8,12-13H2,1-3H3,(H,24,26)/t19-/m1/s1/i3D3,19D. The van der Waals surface area contributed by atoms with E-state index in [-0.39, 0.29) is 29.5 Å². The van der Waals surface area contributed by atoms with E-state index in [0.717, 1.165) is 17.7 Å². The van der Waals surface area contributed by atoms with E-state index in [1.54, 1.807) is 31.2 Å². The van der Waals surface area contributed by atoms with Gasteiger partial charge in [-0.1, -0.05) is 24.3 Å².